The molecule has 4 aromatic rings. The topological polar surface area (TPSA) is 63.9 Å². The number of benzene rings is 2. The van der Waals surface area contributed by atoms with Crippen LogP contribution in [0.2, 0.25) is 0 Å². The van der Waals surface area contributed by atoms with E-state index >= 15 is 0 Å². The second kappa shape index (κ2) is 9.69. The molecule has 0 saturated heterocycles. The number of aromatic nitrogens is 4. The Bertz CT molecular complexity index is 1030. The van der Waals surface area contributed by atoms with Crippen molar-refractivity contribution in [2.45, 2.75) is 17.7 Å². The smallest absolute Gasteiger partial charge is 0.233 e. The van der Waals surface area contributed by atoms with Crippen molar-refractivity contribution < 1.29 is 4.79 Å². The summed E-state index contributed by atoms with van der Waals surface area (Å²) in [5.74, 6) is 0.278. The molecule has 8 heteroatoms. The summed E-state index contributed by atoms with van der Waals surface area (Å²) >= 11 is 3.02. The first-order chi connectivity index (χ1) is 14.7. The molecule has 152 valence electrons. The first-order valence-electron chi connectivity index (χ1n) is 9.49. The number of carbonyl (C=O) groups is 1. The monoisotopic (exact) mass is 435 g/mol. The Morgan fingerprint density at radius 1 is 1.03 bits per heavy atom. The van der Waals surface area contributed by atoms with Crippen LogP contribution < -0.4 is 0 Å². The van der Waals surface area contributed by atoms with Crippen molar-refractivity contribution >= 4 is 29.0 Å². The fraction of sp³-hybridized carbons (Fsp3) is 0.182. The van der Waals surface area contributed by atoms with Gasteiger partial charge < -0.3 is 4.90 Å². The molecule has 0 saturated carbocycles. The van der Waals surface area contributed by atoms with E-state index < -0.39 is 0 Å². The van der Waals surface area contributed by atoms with Crippen LogP contribution in [0.5, 0.6) is 0 Å². The third-order valence-corrected chi connectivity index (χ3v) is 6.52. The van der Waals surface area contributed by atoms with E-state index in [0.717, 1.165) is 11.1 Å². The van der Waals surface area contributed by atoms with E-state index in [4.69, 9.17) is 0 Å². The van der Waals surface area contributed by atoms with Gasteiger partial charge in [0.15, 0.2) is 0 Å². The van der Waals surface area contributed by atoms with Crippen molar-refractivity contribution in [3.8, 4) is 0 Å². The Hall–Kier alpha value is -2.97. The van der Waals surface area contributed by atoms with Crippen LogP contribution in [-0.4, -0.2) is 43.8 Å². The highest BCUT2D eigenvalue weighted by Gasteiger charge is 2.24. The molecule has 2 heterocycles. The summed E-state index contributed by atoms with van der Waals surface area (Å²) in [4.78, 5) is 16.0. The minimum Gasteiger partial charge on any atom is -0.334 e. The maximum Gasteiger partial charge on any atom is 0.233 e. The zero-order valence-electron chi connectivity index (χ0n) is 16.5. The number of hydrogen-bond donors (Lipinski definition) is 0. The molecular formula is C22H21N5OS2. The molecule has 0 radical (unpaired) electrons. The van der Waals surface area contributed by atoms with Crippen molar-refractivity contribution in [2.24, 2.45) is 0 Å². The van der Waals surface area contributed by atoms with Gasteiger partial charge in [0.2, 0.25) is 11.1 Å². The Kier molecular flexibility index (Phi) is 6.56. The summed E-state index contributed by atoms with van der Waals surface area (Å²) in [5, 5.41) is 14.6. The number of hydrogen-bond acceptors (Lipinski definition) is 6. The number of thiophene rings is 1. The molecule has 2 aromatic carbocycles. The van der Waals surface area contributed by atoms with E-state index in [2.05, 4.69) is 39.8 Å². The number of amides is 1. The predicted molar refractivity (Wildman–Crippen MR) is 119 cm³/mol. The summed E-state index contributed by atoms with van der Waals surface area (Å²) in [6, 6.07) is 24.1. The van der Waals surface area contributed by atoms with Crippen molar-refractivity contribution in [3.63, 3.8) is 0 Å². The van der Waals surface area contributed by atoms with Gasteiger partial charge >= 0.3 is 0 Å². The second-order valence-electron chi connectivity index (χ2n) is 6.72. The Morgan fingerprint density at radius 3 is 2.30 bits per heavy atom. The van der Waals surface area contributed by atoms with Crippen LogP contribution in [0.1, 0.15) is 22.0 Å². The predicted octanol–water partition coefficient (Wildman–Crippen LogP) is 4.12. The maximum absolute atomic E-state index is 13.1. The van der Waals surface area contributed by atoms with Crippen LogP contribution in [0.4, 0.5) is 0 Å². The highest BCUT2D eigenvalue weighted by Crippen LogP contribution is 2.28. The number of rotatable bonds is 8. The molecule has 1 amide bonds. The molecule has 4 rings (SSSR count). The minimum atomic E-state index is -0.150. The van der Waals surface area contributed by atoms with Gasteiger partial charge in [-0.2, -0.15) is 0 Å². The van der Waals surface area contributed by atoms with Crippen LogP contribution in [-0.2, 0) is 11.3 Å². The standard InChI is InChI=1S/C22H21N5OS2/c1-26(21(17-9-4-2-5-10-17)18-11-6-3-7-12-18)20(28)16-30-22-23-24-25-27(22)15-19-13-8-14-29-19/h2-14,21H,15-16H2,1H3. The summed E-state index contributed by atoms with van der Waals surface area (Å²) in [7, 11) is 1.85. The summed E-state index contributed by atoms with van der Waals surface area (Å²) in [5.41, 5.74) is 2.15. The third kappa shape index (κ3) is 4.77. The largest absolute Gasteiger partial charge is 0.334 e. The zero-order valence-corrected chi connectivity index (χ0v) is 18.1. The summed E-state index contributed by atoms with van der Waals surface area (Å²) in [6.07, 6.45) is 0. The average Bonchev–Trinajstić information content (AvgIpc) is 3.46. The molecule has 0 bridgehead atoms. The van der Waals surface area contributed by atoms with Gasteiger partial charge in [-0.25, -0.2) is 4.68 Å². The van der Waals surface area contributed by atoms with Gasteiger partial charge in [-0.15, -0.1) is 16.4 Å². The molecule has 0 aliphatic carbocycles. The number of tetrazole rings is 1. The first kappa shape index (κ1) is 20.3. The molecule has 0 spiro atoms. The van der Waals surface area contributed by atoms with Crippen molar-refractivity contribution in [2.75, 3.05) is 12.8 Å². The van der Waals surface area contributed by atoms with Gasteiger partial charge in [0.05, 0.1) is 18.3 Å². The lowest BCUT2D eigenvalue weighted by atomic mass is 9.97. The molecule has 0 atom stereocenters. The molecule has 0 aliphatic heterocycles. The van der Waals surface area contributed by atoms with Gasteiger partial charge in [-0.05, 0) is 33.0 Å². The Labute approximate surface area is 183 Å². The van der Waals surface area contributed by atoms with Gasteiger partial charge in [-0.3, -0.25) is 4.79 Å². The lowest BCUT2D eigenvalue weighted by molar-refractivity contribution is -0.128. The van der Waals surface area contributed by atoms with E-state index in [1.165, 1.54) is 16.6 Å². The van der Waals surface area contributed by atoms with E-state index in [9.17, 15) is 4.79 Å². The second-order valence-corrected chi connectivity index (χ2v) is 8.69. The minimum absolute atomic E-state index is 0.0170. The molecular weight excluding hydrogens is 414 g/mol. The average molecular weight is 436 g/mol. The molecule has 2 aromatic heterocycles. The van der Waals surface area contributed by atoms with Gasteiger partial charge in [0, 0.05) is 11.9 Å². The van der Waals surface area contributed by atoms with E-state index in [0.29, 0.717) is 11.7 Å². The SMILES string of the molecule is CN(C(=O)CSc1nnnn1Cc1cccs1)C(c1ccccc1)c1ccccc1. The molecule has 0 fully saturated rings. The van der Waals surface area contributed by atoms with Crippen LogP contribution in [0, 0.1) is 0 Å². The fourth-order valence-electron chi connectivity index (χ4n) is 3.23. The molecule has 0 N–H and O–H groups in total. The van der Waals surface area contributed by atoms with Crippen LogP contribution in [0.15, 0.2) is 83.3 Å². The Morgan fingerprint density at radius 2 is 1.70 bits per heavy atom. The summed E-state index contributed by atoms with van der Waals surface area (Å²) in [6.45, 7) is 0.605. The lowest BCUT2D eigenvalue weighted by Crippen LogP contribution is -2.33. The van der Waals surface area contributed by atoms with Crippen molar-refractivity contribution in [1.82, 2.24) is 25.1 Å². The van der Waals surface area contributed by atoms with Crippen LogP contribution in [0.3, 0.4) is 0 Å². The maximum atomic E-state index is 13.1. The molecule has 30 heavy (non-hydrogen) atoms. The normalized spacial score (nSPS) is 11.0. The quantitative estimate of drug-likeness (QED) is 0.390. The van der Waals surface area contributed by atoms with Crippen LogP contribution in [0.25, 0.3) is 0 Å². The number of thioether (sulfide) groups is 1. The highest BCUT2D eigenvalue weighted by molar-refractivity contribution is 7.99. The van der Waals surface area contributed by atoms with Gasteiger partial charge in [0.25, 0.3) is 0 Å². The third-order valence-electron chi connectivity index (χ3n) is 4.72. The highest BCUT2D eigenvalue weighted by atomic mass is 32.2. The molecule has 0 aliphatic rings. The van der Waals surface area contributed by atoms with E-state index in [1.807, 2.05) is 61.0 Å². The van der Waals surface area contributed by atoms with Crippen molar-refractivity contribution in [1.29, 1.82) is 0 Å². The Balaban J connectivity index is 1.48. The fourth-order valence-corrected chi connectivity index (χ4v) is 4.72. The van der Waals surface area contributed by atoms with E-state index in [-0.39, 0.29) is 17.7 Å². The molecule has 0 unspecified atom stereocenters. The van der Waals surface area contributed by atoms with E-state index in [1.54, 1.807) is 20.9 Å². The zero-order chi connectivity index (χ0) is 20.8. The van der Waals surface area contributed by atoms with Gasteiger partial charge in [-0.1, -0.05) is 78.5 Å². The number of carbonyl (C=O) groups excluding carboxylic acids is 1. The molecule has 6 nitrogen and oxygen atoms in total. The van der Waals surface area contributed by atoms with Crippen molar-refractivity contribution in [3.05, 3.63) is 94.2 Å². The lowest BCUT2D eigenvalue weighted by Gasteiger charge is -2.29. The van der Waals surface area contributed by atoms with Crippen LogP contribution >= 0.6 is 23.1 Å². The number of nitrogens with zero attached hydrogens (tertiary/aromatic N) is 5. The first-order valence-corrected chi connectivity index (χ1v) is 11.4. The summed E-state index contributed by atoms with van der Waals surface area (Å²) < 4.78 is 1.73. The van der Waals surface area contributed by atoms with Gasteiger partial charge in [0.1, 0.15) is 0 Å².